The van der Waals surface area contributed by atoms with Gasteiger partial charge in [0.2, 0.25) is 0 Å². The van der Waals surface area contributed by atoms with Crippen molar-refractivity contribution >= 4 is 17.7 Å². The molecular weight excluding hydrogens is 262 g/mol. The molecule has 0 aliphatic carbocycles. The highest BCUT2D eigenvalue weighted by atomic mass is 16.6. The highest BCUT2D eigenvalue weighted by Crippen LogP contribution is 2.26. The van der Waals surface area contributed by atoms with E-state index < -0.39 is 0 Å². The Morgan fingerprint density at radius 2 is 2.10 bits per heavy atom. The highest BCUT2D eigenvalue weighted by Gasteiger charge is 2.07. The van der Waals surface area contributed by atoms with Gasteiger partial charge in [0.05, 0.1) is 24.3 Å². The molecular formula is C17H25N3O. The van der Waals surface area contributed by atoms with Crippen molar-refractivity contribution in [1.82, 2.24) is 10.4 Å². The maximum atomic E-state index is 5.21. The van der Waals surface area contributed by atoms with Crippen LogP contribution in [0.15, 0.2) is 36.4 Å². The van der Waals surface area contributed by atoms with Crippen LogP contribution in [0.1, 0.15) is 23.6 Å². The van der Waals surface area contributed by atoms with E-state index in [1.807, 2.05) is 32.1 Å². The summed E-state index contributed by atoms with van der Waals surface area (Å²) in [5, 5.41) is 0. The van der Waals surface area contributed by atoms with Crippen LogP contribution in [-0.2, 0) is 4.84 Å². The Hall–Kier alpha value is -2.07. The second-order valence-electron chi connectivity index (χ2n) is 4.95. The molecule has 1 aromatic rings. The summed E-state index contributed by atoms with van der Waals surface area (Å²) < 4.78 is 0. The summed E-state index contributed by atoms with van der Waals surface area (Å²) in [7, 11) is 2.00. The van der Waals surface area contributed by atoms with Crippen LogP contribution in [0.25, 0.3) is 5.70 Å². The first kappa shape index (κ1) is 17.0. The third-order valence-corrected chi connectivity index (χ3v) is 3.16. The molecule has 0 saturated heterocycles. The minimum Gasteiger partial charge on any atom is -0.366 e. The Kier molecular flexibility index (Phi) is 6.69. The van der Waals surface area contributed by atoms with Crippen LogP contribution in [0.4, 0.5) is 5.69 Å². The smallest absolute Gasteiger partial charge is 0.0925 e. The van der Waals surface area contributed by atoms with Crippen LogP contribution in [0.5, 0.6) is 0 Å². The largest absolute Gasteiger partial charge is 0.366 e. The van der Waals surface area contributed by atoms with E-state index in [1.165, 1.54) is 0 Å². The molecule has 0 aromatic heterocycles. The van der Waals surface area contributed by atoms with Gasteiger partial charge in [-0.15, -0.1) is 6.58 Å². The fraction of sp³-hybridized carbons (Fsp3) is 0.353. The topological polar surface area (TPSA) is 36.9 Å². The minimum absolute atomic E-state index is 0.433. The molecule has 114 valence electrons. The number of hydrogen-bond acceptors (Lipinski definition) is 3. The number of rotatable bonds is 8. The van der Waals surface area contributed by atoms with E-state index in [4.69, 9.17) is 4.84 Å². The van der Waals surface area contributed by atoms with Crippen molar-refractivity contribution in [2.45, 2.75) is 20.8 Å². The molecule has 0 bridgehead atoms. The average molecular weight is 287 g/mol. The molecule has 0 heterocycles. The lowest BCUT2D eigenvalue weighted by atomic mass is 10.0. The lowest BCUT2D eigenvalue weighted by molar-refractivity contribution is 0.104. The van der Waals surface area contributed by atoms with Gasteiger partial charge in [-0.2, -0.15) is 0 Å². The van der Waals surface area contributed by atoms with Gasteiger partial charge < -0.3 is 4.90 Å². The first-order chi connectivity index (χ1) is 9.99. The normalized spacial score (nSPS) is 10.7. The Balaban J connectivity index is 2.91. The Morgan fingerprint density at radius 3 is 2.71 bits per heavy atom. The quantitative estimate of drug-likeness (QED) is 0.261. The zero-order chi connectivity index (χ0) is 15.8. The van der Waals surface area contributed by atoms with E-state index in [2.05, 4.69) is 42.7 Å². The van der Waals surface area contributed by atoms with Crippen molar-refractivity contribution < 1.29 is 4.84 Å². The number of aliphatic imine (C=N–C) groups is 1. The van der Waals surface area contributed by atoms with Crippen molar-refractivity contribution in [3.63, 3.8) is 0 Å². The lowest BCUT2D eigenvalue weighted by Crippen LogP contribution is -2.14. The molecule has 0 amide bonds. The fourth-order valence-corrected chi connectivity index (χ4v) is 1.75. The van der Waals surface area contributed by atoms with Gasteiger partial charge in [-0.05, 0) is 44.0 Å². The standard InChI is InChI=1S/C17H25N3O/c1-7-9-21-19-15(5)16-10-14(4)17(11-13(16)3)18-12-20(6)8-2/h7,10-12,19H,1,5,8-9H2,2-4,6H3. The van der Waals surface area contributed by atoms with Crippen molar-refractivity contribution in [3.8, 4) is 0 Å². The molecule has 0 atom stereocenters. The fourth-order valence-electron chi connectivity index (χ4n) is 1.75. The van der Waals surface area contributed by atoms with E-state index in [1.54, 1.807) is 6.08 Å². The van der Waals surface area contributed by atoms with Gasteiger partial charge in [0.25, 0.3) is 0 Å². The van der Waals surface area contributed by atoms with Crippen LogP contribution >= 0.6 is 0 Å². The van der Waals surface area contributed by atoms with Gasteiger partial charge in [-0.25, -0.2) is 4.99 Å². The Morgan fingerprint density at radius 1 is 1.38 bits per heavy atom. The lowest BCUT2D eigenvalue weighted by Gasteiger charge is -2.14. The predicted octanol–water partition coefficient (Wildman–Crippen LogP) is 3.59. The summed E-state index contributed by atoms with van der Waals surface area (Å²) >= 11 is 0. The number of hydrogen-bond donors (Lipinski definition) is 1. The number of aryl methyl sites for hydroxylation is 2. The highest BCUT2D eigenvalue weighted by molar-refractivity contribution is 5.70. The van der Waals surface area contributed by atoms with Crippen LogP contribution < -0.4 is 5.48 Å². The molecule has 1 N–H and O–H groups in total. The molecule has 1 aromatic carbocycles. The van der Waals surface area contributed by atoms with Gasteiger partial charge >= 0.3 is 0 Å². The van der Waals surface area contributed by atoms with Gasteiger partial charge in [-0.1, -0.05) is 12.7 Å². The summed E-state index contributed by atoms with van der Waals surface area (Å²) in [5.41, 5.74) is 7.77. The molecule has 4 heteroatoms. The molecule has 21 heavy (non-hydrogen) atoms. The first-order valence-electron chi connectivity index (χ1n) is 7.03. The second-order valence-corrected chi connectivity index (χ2v) is 4.95. The number of nitrogens with one attached hydrogen (secondary N) is 1. The molecule has 0 aliphatic heterocycles. The van der Waals surface area contributed by atoms with Crippen molar-refractivity contribution in [1.29, 1.82) is 0 Å². The first-order valence-corrected chi connectivity index (χ1v) is 7.03. The average Bonchev–Trinajstić information content (AvgIpc) is 2.47. The summed E-state index contributed by atoms with van der Waals surface area (Å²) in [4.78, 5) is 11.8. The van der Waals surface area contributed by atoms with E-state index in [0.29, 0.717) is 6.61 Å². The van der Waals surface area contributed by atoms with Gasteiger partial charge in [0.1, 0.15) is 0 Å². The van der Waals surface area contributed by atoms with E-state index >= 15 is 0 Å². The molecule has 0 fully saturated rings. The summed E-state index contributed by atoms with van der Waals surface area (Å²) in [6.07, 6.45) is 3.53. The number of hydroxylamine groups is 1. The maximum Gasteiger partial charge on any atom is 0.0925 e. The number of benzene rings is 1. The molecule has 1 rings (SSSR count). The molecule has 4 nitrogen and oxygen atoms in total. The monoisotopic (exact) mass is 287 g/mol. The van der Waals surface area contributed by atoms with Crippen LogP contribution in [0.2, 0.25) is 0 Å². The van der Waals surface area contributed by atoms with Gasteiger partial charge in [0.15, 0.2) is 0 Å². The molecule has 0 aliphatic rings. The third-order valence-electron chi connectivity index (χ3n) is 3.16. The Bertz CT molecular complexity index is 535. The Labute approximate surface area is 127 Å². The van der Waals surface area contributed by atoms with E-state index in [0.717, 1.165) is 34.6 Å². The molecule has 0 spiro atoms. The predicted molar refractivity (Wildman–Crippen MR) is 90.7 cm³/mol. The molecule has 0 unspecified atom stereocenters. The minimum atomic E-state index is 0.433. The van der Waals surface area contributed by atoms with Gasteiger partial charge in [-0.3, -0.25) is 10.3 Å². The van der Waals surface area contributed by atoms with E-state index in [9.17, 15) is 0 Å². The zero-order valence-corrected chi connectivity index (χ0v) is 13.4. The summed E-state index contributed by atoms with van der Waals surface area (Å²) in [5.74, 6) is 0. The third kappa shape index (κ3) is 5.08. The van der Waals surface area contributed by atoms with E-state index in [-0.39, 0.29) is 0 Å². The van der Waals surface area contributed by atoms with Crippen molar-refractivity contribution in [3.05, 3.63) is 48.1 Å². The molecule has 0 saturated carbocycles. The maximum absolute atomic E-state index is 5.21. The van der Waals surface area contributed by atoms with Crippen molar-refractivity contribution in [2.75, 3.05) is 20.2 Å². The molecule has 0 radical (unpaired) electrons. The SMILES string of the molecule is C=CCONC(=C)c1cc(C)c(N=CN(C)CC)cc1C. The summed E-state index contributed by atoms with van der Waals surface area (Å²) in [6, 6.07) is 4.13. The summed E-state index contributed by atoms with van der Waals surface area (Å²) in [6.45, 7) is 15.1. The van der Waals surface area contributed by atoms with Crippen molar-refractivity contribution in [2.24, 2.45) is 4.99 Å². The number of nitrogens with zero attached hydrogens (tertiary/aromatic N) is 2. The zero-order valence-electron chi connectivity index (χ0n) is 13.4. The van der Waals surface area contributed by atoms with Crippen LogP contribution in [-0.4, -0.2) is 31.4 Å². The van der Waals surface area contributed by atoms with Gasteiger partial charge in [0, 0.05) is 19.2 Å². The second kappa shape index (κ2) is 8.27. The van der Waals surface area contributed by atoms with Crippen LogP contribution in [0.3, 0.4) is 0 Å². The van der Waals surface area contributed by atoms with Crippen LogP contribution in [0, 0.1) is 13.8 Å².